The van der Waals surface area contributed by atoms with Gasteiger partial charge in [-0.15, -0.1) is 0 Å². The zero-order valence-corrected chi connectivity index (χ0v) is 20.1. The molecule has 0 aliphatic carbocycles. The van der Waals surface area contributed by atoms with Crippen LogP contribution in [0.2, 0.25) is 0 Å². The first kappa shape index (κ1) is 27.4. The molecule has 0 heterocycles. The molecule has 0 radical (unpaired) electrons. The van der Waals surface area contributed by atoms with Crippen molar-refractivity contribution in [3.05, 3.63) is 34.9 Å². The molecule has 0 aromatic heterocycles. The third-order valence-electron chi connectivity index (χ3n) is 4.81. The highest BCUT2D eigenvalue weighted by Gasteiger charge is 2.22. The Balaban J connectivity index is 3.10. The van der Waals surface area contributed by atoms with Gasteiger partial charge in [-0.25, -0.2) is 0 Å². The van der Waals surface area contributed by atoms with Gasteiger partial charge in [-0.1, -0.05) is 18.2 Å². The van der Waals surface area contributed by atoms with E-state index >= 15 is 0 Å². The van der Waals surface area contributed by atoms with Gasteiger partial charge < -0.3 is 28.3 Å². The van der Waals surface area contributed by atoms with Gasteiger partial charge in [0.1, 0.15) is 0 Å². The molecule has 0 fully saturated rings. The second kappa shape index (κ2) is 13.7. The average molecular weight is 467 g/mol. The number of rotatable bonds is 16. The smallest absolute Gasteiger partial charge is 0.330 e. The van der Waals surface area contributed by atoms with E-state index in [-0.39, 0.29) is 25.5 Å². The van der Waals surface area contributed by atoms with Crippen LogP contribution >= 0.6 is 15.2 Å². The predicted molar refractivity (Wildman–Crippen MR) is 116 cm³/mol. The number of aryl methyl sites for hydroxylation is 2. The van der Waals surface area contributed by atoms with E-state index in [1.165, 1.54) is 28.4 Å². The Morgan fingerprint density at radius 3 is 1.43 bits per heavy atom. The van der Waals surface area contributed by atoms with E-state index in [9.17, 15) is 19.3 Å². The third kappa shape index (κ3) is 9.27. The van der Waals surface area contributed by atoms with Crippen LogP contribution in [0.5, 0.6) is 0 Å². The summed E-state index contributed by atoms with van der Waals surface area (Å²) in [5.41, 5.74) is 2.85. The molecule has 30 heavy (non-hydrogen) atoms. The second-order valence-corrected chi connectivity index (χ2v) is 11.6. The standard InChI is InChI=1S/C19H35NO8P2/c1-25-29(23,26-2)11-5-17-13-18(6-12-30(24,27-3)28-4)15-19(14-17)16-20(7-9-21)8-10-22/h13-15,21-22H,5-12,16H2,1-4H3. The van der Waals surface area contributed by atoms with Crippen molar-refractivity contribution in [2.45, 2.75) is 19.4 Å². The van der Waals surface area contributed by atoms with E-state index in [4.69, 9.17) is 18.1 Å². The quantitative estimate of drug-likeness (QED) is 0.354. The van der Waals surface area contributed by atoms with Crippen LogP contribution in [0.15, 0.2) is 18.2 Å². The molecule has 1 rings (SSSR count). The monoisotopic (exact) mass is 467 g/mol. The van der Waals surface area contributed by atoms with Crippen molar-refractivity contribution < 1.29 is 37.4 Å². The van der Waals surface area contributed by atoms with Crippen LogP contribution in [0.3, 0.4) is 0 Å². The van der Waals surface area contributed by atoms with Crippen LogP contribution < -0.4 is 0 Å². The van der Waals surface area contributed by atoms with Crippen molar-refractivity contribution in [1.29, 1.82) is 0 Å². The second-order valence-electron chi connectivity index (χ2n) is 6.78. The van der Waals surface area contributed by atoms with E-state index < -0.39 is 15.2 Å². The Bertz CT molecular complexity index is 660. The topological polar surface area (TPSA) is 115 Å². The molecule has 11 heteroatoms. The van der Waals surface area contributed by atoms with Crippen molar-refractivity contribution in [3.8, 4) is 0 Å². The van der Waals surface area contributed by atoms with Gasteiger partial charge in [0.2, 0.25) is 0 Å². The van der Waals surface area contributed by atoms with Gasteiger partial charge in [0, 0.05) is 48.1 Å². The Kier molecular flexibility index (Phi) is 12.6. The van der Waals surface area contributed by atoms with E-state index in [1.54, 1.807) is 0 Å². The molecule has 0 saturated carbocycles. The van der Waals surface area contributed by atoms with Crippen LogP contribution in [0, 0.1) is 0 Å². The Hall–Kier alpha value is -0.600. The largest absolute Gasteiger partial charge is 0.395 e. The molecule has 0 bridgehead atoms. The minimum Gasteiger partial charge on any atom is -0.395 e. The highest BCUT2D eigenvalue weighted by molar-refractivity contribution is 7.54. The van der Waals surface area contributed by atoms with E-state index in [0.717, 1.165) is 16.7 Å². The molecule has 0 amide bonds. The van der Waals surface area contributed by atoms with Gasteiger partial charge in [0.25, 0.3) is 0 Å². The number of hydrogen-bond acceptors (Lipinski definition) is 9. The Morgan fingerprint density at radius 2 is 1.10 bits per heavy atom. The van der Waals surface area contributed by atoms with Gasteiger partial charge in [-0.2, -0.15) is 0 Å². The molecule has 0 atom stereocenters. The summed E-state index contributed by atoms with van der Waals surface area (Å²) < 4.78 is 44.9. The van der Waals surface area contributed by atoms with Crippen molar-refractivity contribution >= 4 is 15.2 Å². The van der Waals surface area contributed by atoms with Crippen molar-refractivity contribution in [3.63, 3.8) is 0 Å². The summed E-state index contributed by atoms with van der Waals surface area (Å²) in [7, 11) is -0.829. The summed E-state index contributed by atoms with van der Waals surface area (Å²) in [5.74, 6) is 0. The zero-order valence-electron chi connectivity index (χ0n) is 18.3. The third-order valence-corrected chi connectivity index (χ3v) is 8.58. The maximum Gasteiger partial charge on any atom is 0.330 e. The van der Waals surface area contributed by atoms with Crippen LogP contribution in [0.4, 0.5) is 0 Å². The number of benzene rings is 1. The minimum atomic E-state index is -3.14. The lowest BCUT2D eigenvalue weighted by atomic mass is 10.0. The van der Waals surface area contributed by atoms with Gasteiger partial charge in [0.15, 0.2) is 0 Å². The molecular formula is C19H35NO8P2. The van der Waals surface area contributed by atoms with Crippen LogP contribution in [0.25, 0.3) is 0 Å². The molecule has 0 unspecified atom stereocenters. The average Bonchev–Trinajstić information content (AvgIpc) is 2.76. The molecule has 2 N–H and O–H groups in total. The summed E-state index contributed by atoms with van der Waals surface area (Å²) >= 11 is 0. The molecule has 9 nitrogen and oxygen atoms in total. The first-order valence-corrected chi connectivity index (χ1v) is 13.2. The first-order chi connectivity index (χ1) is 14.3. The SMILES string of the molecule is COP(=O)(CCc1cc(CCP(=O)(OC)OC)cc(CN(CCO)CCO)c1)OC. The van der Waals surface area contributed by atoms with E-state index in [2.05, 4.69) is 0 Å². The molecule has 0 aliphatic heterocycles. The predicted octanol–water partition coefficient (Wildman–Crippen LogP) is 2.53. The van der Waals surface area contributed by atoms with Crippen LogP contribution in [-0.4, -0.2) is 82.2 Å². The number of nitrogens with zero attached hydrogens (tertiary/aromatic N) is 1. The molecule has 0 spiro atoms. The van der Waals surface area contributed by atoms with Crippen LogP contribution in [0.1, 0.15) is 16.7 Å². The number of hydrogen-bond donors (Lipinski definition) is 2. The summed E-state index contributed by atoms with van der Waals surface area (Å²) in [5, 5.41) is 18.5. The molecule has 0 saturated heterocycles. The van der Waals surface area contributed by atoms with Crippen molar-refractivity contribution in [2.24, 2.45) is 0 Å². The number of aliphatic hydroxyl groups is 2. The van der Waals surface area contributed by atoms with Crippen molar-refractivity contribution in [1.82, 2.24) is 4.90 Å². The Labute approximate surface area is 179 Å². The molecule has 0 aliphatic rings. The van der Waals surface area contributed by atoms with E-state index in [1.807, 2.05) is 23.1 Å². The van der Waals surface area contributed by atoms with E-state index in [0.29, 0.717) is 32.5 Å². The maximum absolute atomic E-state index is 12.4. The fraction of sp³-hybridized carbons (Fsp3) is 0.684. The summed E-state index contributed by atoms with van der Waals surface area (Å²) in [4.78, 5) is 1.94. The maximum atomic E-state index is 12.4. The molecular weight excluding hydrogens is 432 g/mol. The fourth-order valence-electron chi connectivity index (χ4n) is 3.08. The molecule has 1 aromatic rings. The number of aliphatic hydroxyl groups excluding tert-OH is 2. The zero-order chi connectivity index (χ0) is 22.6. The lowest BCUT2D eigenvalue weighted by molar-refractivity contribution is 0.156. The molecule has 174 valence electrons. The highest BCUT2D eigenvalue weighted by Crippen LogP contribution is 2.47. The summed E-state index contributed by atoms with van der Waals surface area (Å²) in [6, 6.07) is 5.96. The fourth-order valence-corrected chi connectivity index (χ4v) is 5.17. The highest BCUT2D eigenvalue weighted by atomic mass is 31.2. The normalized spacial score (nSPS) is 12.6. The Morgan fingerprint density at radius 1 is 0.733 bits per heavy atom. The molecule has 1 aromatic carbocycles. The summed E-state index contributed by atoms with van der Waals surface area (Å²) in [6.45, 7) is 1.38. The van der Waals surface area contributed by atoms with Crippen molar-refractivity contribution in [2.75, 3.05) is 67.1 Å². The lowest BCUT2D eigenvalue weighted by Gasteiger charge is -2.21. The summed E-state index contributed by atoms with van der Waals surface area (Å²) in [6.07, 6.45) is 1.42. The van der Waals surface area contributed by atoms with Gasteiger partial charge >= 0.3 is 15.2 Å². The lowest BCUT2D eigenvalue weighted by Crippen LogP contribution is -2.29. The van der Waals surface area contributed by atoms with Gasteiger partial charge in [-0.3, -0.25) is 14.0 Å². The minimum absolute atomic E-state index is 0.0116. The van der Waals surface area contributed by atoms with Gasteiger partial charge in [0.05, 0.1) is 25.5 Å². The van der Waals surface area contributed by atoms with Gasteiger partial charge in [-0.05, 0) is 29.5 Å². The first-order valence-electron chi connectivity index (χ1n) is 9.73. The van der Waals surface area contributed by atoms with Crippen LogP contribution in [-0.2, 0) is 46.6 Å².